The van der Waals surface area contributed by atoms with E-state index in [-0.39, 0.29) is 0 Å². The minimum atomic E-state index is 1.29. The molecule has 1 aromatic heterocycles. The molecule has 0 spiro atoms. The molecule has 10 heavy (non-hydrogen) atoms. The Morgan fingerprint density at radius 3 is 2.90 bits per heavy atom. The Morgan fingerprint density at radius 1 is 1.60 bits per heavy atom. The summed E-state index contributed by atoms with van der Waals surface area (Å²) in [5.74, 6) is 0. The molecule has 0 radical (unpaired) electrons. The van der Waals surface area contributed by atoms with Crippen LogP contribution < -0.4 is 0 Å². The minimum absolute atomic E-state index is 1.29. The van der Waals surface area contributed by atoms with Crippen molar-refractivity contribution in [1.29, 1.82) is 0 Å². The Morgan fingerprint density at radius 2 is 2.40 bits per heavy atom. The third-order valence-corrected chi connectivity index (χ3v) is 2.16. The van der Waals surface area contributed by atoms with Gasteiger partial charge in [-0.2, -0.15) is 0 Å². The SMILES string of the molecule is C=CC=Cc1cc(C)cs1. The van der Waals surface area contributed by atoms with Crippen molar-refractivity contribution >= 4 is 17.4 Å². The summed E-state index contributed by atoms with van der Waals surface area (Å²) in [4.78, 5) is 1.29. The van der Waals surface area contributed by atoms with Gasteiger partial charge in [0.2, 0.25) is 0 Å². The molecule has 0 amide bonds. The van der Waals surface area contributed by atoms with Gasteiger partial charge in [-0.15, -0.1) is 11.3 Å². The van der Waals surface area contributed by atoms with E-state index in [0.29, 0.717) is 0 Å². The highest BCUT2D eigenvalue weighted by molar-refractivity contribution is 7.11. The first-order valence-corrected chi connectivity index (χ1v) is 4.05. The standard InChI is InChI=1S/C9H10S/c1-3-4-5-9-6-8(2)7-10-9/h3-7H,1H2,2H3. The molecule has 0 unspecified atom stereocenters. The molecule has 0 nitrogen and oxygen atoms in total. The molecule has 0 aliphatic rings. The smallest absolute Gasteiger partial charge is 0.0273 e. The largest absolute Gasteiger partial charge is 0.144 e. The van der Waals surface area contributed by atoms with Gasteiger partial charge in [0.15, 0.2) is 0 Å². The number of rotatable bonds is 2. The van der Waals surface area contributed by atoms with Gasteiger partial charge in [-0.1, -0.05) is 18.7 Å². The fourth-order valence-electron chi connectivity index (χ4n) is 0.704. The Labute approximate surface area is 65.5 Å². The molecule has 0 aromatic carbocycles. The molecule has 0 aliphatic heterocycles. The molecule has 0 saturated heterocycles. The average Bonchev–Trinajstić information content (AvgIpc) is 2.31. The summed E-state index contributed by atoms with van der Waals surface area (Å²) in [6.45, 7) is 5.70. The van der Waals surface area contributed by atoms with Crippen molar-refractivity contribution in [3.8, 4) is 0 Å². The molecule has 52 valence electrons. The zero-order valence-electron chi connectivity index (χ0n) is 6.00. The molecule has 0 bridgehead atoms. The van der Waals surface area contributed by atoms with Gasteiger partial charge in [-0.3, -0.25) is 0 Å². The van der Waals surface area contributed by atoms with Gasteiger partial charge < -0.3 is 0 Å². The third kappa shape index (κ3) is 1.85. The molecule has 0 saturated carbocycles. The van der Waals surface area contributed by atoms with Crippen LogP contribution in [0.2, 0.25) is 0 Å². The Kier molecular flexibility index (Phi) is 2.46. The van der Waals surface area contributed by atoms with Crippen LogP contribution in [0.15, 0.2) is 30.2 Å². The zero-order valence-corrected chi connectivity index (χ0v) is 6.82. The Balaban J connectivity index is 2.75. The maximum Gasteiger partial charge on any atom is 0.0273 e. The zero-order chi connectivity index (χ0) is 7.40. The van der Waals surface area contributed by atoms with E-state index in [1.165, 1.54) is 10.4 Å². The Bertz CT molecular complexity index is 243. The Hall–Kier alpha value is -0.820. The van der Waals surface area contributed by atoms with Gasteiger partial charge in [0.25, 0.3) is 0 Å². The van der Waals surface area contributed by atoms with Crippen LogP contribution in [0, 0.1) is 6.92 Å². The summed E-state index contributed by atoms with van der Waals surface area (Å²) < 4.78 is 0. The average molecular weight is 150 g/mol. The van der Waals surface area contributed by atoms with Crippen LogP contribution in [0.25, 0.3) is 6.08 Å². The summed E-state index contributed by atoms with van der Waals surface area (Å²) in [5, 5.41) is 2.14. The normalized spacial score (nSPS) is 10.5. The number of hydrogen-bond donors (Lipinski definition) is 0. The first kappa shape index (κ1) is 7.29. The van der Waals surface area contributed by atoms with Crippen LogP contribution in [0.1, 0.15) is 10.4 Å². The lowest BCUT2D eigenvalue weighted by Gasteiger charge is -1.77. The first-order chi connectivity index (χ1) is 4.83. The number of thiophene rings is 1. The highest BCUT2D eigenvalue weighted by atomic mass is 32.1. The van der Waals surface area contributed by atoms with Crippen LogP contribution in [0.5, 0.6) is 0 Å². The lowest BCUT2D eigenvalue weighted by Crippen LogP contribution is -1.56. The molecule has 1 rings (SSSR count). The summed E-state index contributed by atoms with van der Waals surface area (Å²) in [6, 6.07) is 2.16. The van der Waals surface area contributed by atoms with Crippen molar-refractivity contribution in [1.82, 2.24) is 0 Å². The van der Waals surface area contributed by atoms with Crippen LogP contribution in [0.4, 0.5) is 0 Å². The maximum absolute atomic E-state index is 3.60. The minimum Gasteiger partial charge on any atom is -0.144 e. The van der Waals surface area contributed by atoms with Crippen LogP contribution in [-0.4, -0.2) is 0 Å². The van der Waals surface area contributed by atoms with Crippen LogP contribution in [0.3, 0.4) is 0 Å². The van der Waals surface area contributed by atoms with E-state index in [4.69, 9.17) is 0 Å². The summed E-state index contributed by atoms with van der Waals surface area (Å²) >= 11 is 1.75. The first-order valence-electron chi connectivity index (χ1n) is 3.17. The highest BCUT2D eigenvalue weighted by Crippen LogP contribution is 2.14. The predicted molar refractivity (Wildman–Crippen MR) is 48.3 cm³/mol. The molecular weight excluding hydrogens is 140 g/mol. The van der Waals surface area contributed by atoms with E-state index in [1.807, 2.05) is 6.08 Å². The lowest BCUT2D eigenvalue weighted by atomic mass is 10.3. The van der Waals surface area contributed by atoms with Gasteiger partial charge in [0.05, 0.1) is 0 Å². The second-order valence-electron chi connectivity index (χ2n) is 2.12. The van der Waals surface area contributed by atoms with Gasteiger partial charge in [-0.05, 0) is 30.0 Å². The van der Waals surface area contributed by atoms with Crippen molar-refractivity contribution in [2.75, 3.05) is 0 Å². The van der Waals surface area contributed by atoms with E-state index < -0.39 is 0 Å². The second kappa shape index (κ2) is 3.37. The van der Waals surface area contributed by atoms with Crippen LogP contribution >= 0.6 is 11.3 Å². The van der Waals surface area contributed by atoms with Crippen LogP contribution in [-0.2, 0) is 0 Å². The third-order valence-electron chi connectivity index (χ3n) is 1.15. The molecule has 0 atom stereocenters. The summed E-state index contributed by atoms with van der Waals surface area (Å²) in [5.41, 5.74) is 1.33. The lowest BCUT2D eigenvalue weighted by molar-refractivity contribution is 1.55. The fourth-order valence-corrected chi connectivity index (χ4v) is 1.50. The molecular formula is C9H10S. The molecule has 0 aliphatic carbocycles. The highest BCUT2D eigenvalue weighted by Gasteiger charge is 1.88. The molecule has 0 fully saturated rings. The summed E-state index contributed by atoms with van der Waals surface area (Å²) in [7, 11) is 0. The van der Waals surface area contributed by atoms with Crippen molar-refractivity contribution < 1.29 is 0 Å². The molecule has 1 aromatic rings. The number of aryl methyl sites for hydroxylation is 1. The van der Waals surface area contributed by atoms with Crippen molar-refractivity contribution in [2.45, 2.75) is 6.92 Å². The molecule has 0 N–H and O–H groups in total. The predicted octanol–water partition coefficient (Wildman–Crippen LogP) is 3.26. The van der Waals surface area contributed by atoms with Crippen molar-refractivity contribution in [2.24, 2.45) is 0 Å². The van der Waals surface area contributed by atoms with E-state index in [0.717, 1.165) is 0 Å². The van der Waals surface area contributed by atoms with E-state index in [9.17, 15) is 0 Å². The van der Waals surface area contributed by atoms with Gasteiger partial charge in [0, 0.05) is 4.88 Å². The van der Waals surface area contributed by atoms with E-state index >= 15 is 0 Å². The number of allylic oxidation sites excluding steroid dienone is 2. The quantitative estimate of drug-likeness (QED) is 0.568. The van der Waals surface area contributed by atoms with Gasteiger partial charge in [-0.25, -0.2) is 0 Å². The van der Waals surface area contributed by atoms with Crippen molar-refractivity contribution in [3.05, 3.63) is 40.6 Å². The summed E-state index contributed by atoms with van der Waals surface area (Å²) in [6.07, 6.45) is 5.80. The fraction of sp³-hybridized carbons (Fsp3) is 0.111. The second-order valence-corrected chi connectivity index (χ2v) is 3.06. The molecule has 1 heteroatoms. The topological polar surface area (TPSA) is 0 Å². The van der Waals surface area contributed by atoms with Gasteiger partial charge in [0.1, 0.15) is 0 Å². The monoisotopic (exact) mass is 150 g/mol. The molecule has 1 heterocycles. The van der Waals surface area contributed by atoms with Crippen molar-refractivity contribution in [3.63, 3.8) is 0 Å². The van der Waals surface area contributed by atoms with Gasteiger partial charge >= 0.3 is 0 Å². The maximum atomic E-state index is 3.60. The van der Waals surface area contributed by atoms with E-state index in [1.54, 1.807) is 17.4 Å². The van der Waals surface area contributed by atoms with E-state index in [2.05, 4.69) is 31.0 Å². The number of hydrogen-bond acceptors (Lipinski definition) is 1.